The van der Waals surface area contributed by atoms with Crippen LogP contribution in [0.5, 0.6) is 0 Å². The van der Waals surface area contributed by atoms with Crippen molar-refractivity contribution in [1.82, 2.24) is 5.32 Å². The van der Waals surface area contributed by atoms with E-state index in [9.17, 15) is 4.79 Å². The van der Waals surface area contributed by atoms with Crippen molar-refractivity contribution < 1.29 is 4.79 Å². The van der Waals surface area contributed by atoms with E-state index < -0.39 is 0 Å². The monoisotopic (exact) mass is 322 g/mol. The third-order valence-corrected chi connectivity index (χ3v) is 3.94. The van der Waals surface area contributed by atoms with Gasteiger partial charge in [0.1, 0.15) is 0 Å². The Labute approximate surface area is 145 Å². The van der Waals surface area contributed by atoms with E-state index in [-0.39, 0.29) is 6.03 Å². The van der Waals surface area contributed by atoms with Gasteiger partial charge < -0.3 is 5.32 Å². The molecule has 24 heavy (non-hydrogen) atoms. The minimum Gasteiger partial charge on any atom is -0.334 e. The number of unbranched alkanes of at least 4 members (excludes halogenated alkanes) is 1. The van der Waals surface area contributed by atoms with Gasteiger partial charge in [-0.15, -0.1) is 0 Å². The van der Waals surface area contributed by atoms with Crippen molar-refractivity contribution in [2.45, 2.75) is 33.2 Å². The highest BCUT2D eigenvalue weighted by molar-refractivity contribution is 5.92. The fraction of sp³-hybridized carbons (Fsp3) is 0.286. The van der Waals surface area contributed by atoms with E-state index in [1.165, 1.54) is 0 Å². The predicted octanol–water partition coefficient (Wildman–Crippen LogP) is 5.24. The summed E-state index contributed by atoms with van der Waals surface area (Å²) in [5.41, 5.74) is 4.13. The maximum atomic E-state index is 12.6. The lowest BCUT2D eigenvalue weighted by Gasteiger charge is -2.23. The standard InChI is InChI=1S/C21H26N2O/c1-4-5-15-23(20-13-11-19(12-14-20)17(2)3)21(24)22-16-18-9-7-6-8-10-18/h6-14H,2,4-5,15-16H2,1,3H3,(H,22,24). The van der Waals surface area contributed by atoms with Crippen LogP contribution in [0.4, 0.5) is 10.5 Å². The van der Waals surface area contributed by atoms with Crippen molar-refractivity contribution in [3.05, 3.63) is 72.3 Å². The van der Waals surface area contributed by atoms with Crippen molar-refractivity contribution in [1.29, 1.82) is 0 Å². The summed E-state index contributed by atoms with van der Waals surface area (Å²) in [7, 11) is 0. The molecule has 0 bridgehead atoms. The Hall–Kier alpha value is -2.55. The Kier molecular flexibility index (Phi) is 6.62. The maximum Gasteiger partial charge on any atom is 0.322 e. The van der Waals surface area contributed by atoms with Gasteiger partial charge in [0, 0.05) is 18.8 Å². The molecule has 0 heterocycles. The Morgan fingerprint density at radius 2 is 1.75 bits per heavy atom. The minimum atomic E-state index is -0.0598. The van der Waals surface area contributed by atoms with E-state index in [2.05, 4.69) is 18.8 Å². The summed E-state index contributed by atoms with van der Waals surface area (Å²) >= 11 is 0. The summed E-state index contributed by atoms with van der Waals surface area (Å²) in [6.45, 7) is 9.31. The second-order valence-electron chi connectivity index (χ2n) is 5.98. The van der Waals surface area contributed by atoms with Gasteiger partial charge in [0.25, 0.3) is 0 Å². The van der Waals surface area contributed by atoms with Gasteiger partial charge in [-0.1, -0.05) is 68.0 Å². The van der Waals surface area contributed by atoms with E-state index in [0.29, 0.717) is 13.1 Å². The molecule has 0 radical (unpaired) electrons. The van der Waals surface area contributed by atoms with Crippen LogP contribution in [0.3, 0.4) is 0 Å². The SMILES string of the molecule is C=C(C)c1ccc(N(CCCC)C(=O)NCc2ccccc2)cc1. The smallest absolute Gasteiger partial charge is 0.322 e. The third-order valence-electron chi connectivity index (χ3n) is 3.94. The largest absolute Gasteiger partial charge is 0.334 e. The van der Waals surface area contributed by atoms with Crippen LogP contribution in [0.2, 0.25) is 0 Å². The number of urea groups is 1. The molecule has 2 aromatic rings. The summed E-state index contributed by atoms with van der Waals surface area (Å²) in [6.07, 6.45) is 2.02. The van der Waals surface area contributed by atoms with Crippen LogP contribution in [0, 0.1) is 0 Å². The molecule has 0 fully saturated rings. The van der Waals surface area contributed by atoms with E-state index >= 15 is 0 Å². The summed E-state index contributed by atoms with van der Waals surface area (Å²) in [5.74, 6) is 0. The molecule has 2 aromatic carbocycles. The Balaban J connectivity index is 2.08. The van der Waals surface area contributed by atoms with Crippen molar-refractivity contribution in [3.8, 4) is 0 Å². The quantitative estimate of drug-likeness (QED) is 0.743. The molecule has 2 amide bonds. The van der Waals surface area contributed by atoms with Crippen molar-refractivity contribution in [2.24, 2.45) is 0 Å². The van der Waals surface area contributed by atoms with E-state index in [1.807, 2.05) is 66.4 Å². The van der Waals surface area contributed by atoms with Crippen LogP contribution in [0.15, 0.2) is 61.2 Å². The van der Waals surface area contributed by atoms with E-state index in [0.717, 1.165) is 35.2 Å². The molecule has 126 valence electrons. The fourth-order valence-electron chi connectivity index (χ4n) is 2.46. The maximum absolute atomic E-state index is 12.6. The lowest BCUT2D eigenvalue weighted by atomic mass is 10.1. The summed E-state index contributed by atoms with van der Waals surface area (Å²) in [4.78, 5) is 14.5. The Morgan fingerprint density at radius 3 is 2.33 bits per heavy atom. The minimum absolute atomic E-state index is 0.0598. The number of amides is 2. The predicted molar refractivity (Wildman–Crippen MR) is 102 cm³/mol. The second kappa shape index (κ2) is 8.92. The Morgan fingerprint density at radius 1 is 1.08 bits per heavy atom. The zero-order valence-electron chi connectivity index (χ0n) is 14.6. The van der Waals surface area contributed by atoms with Gasteiger partial charge in [0.2, 0.25) is 0 Å². The fourth-order valence-corrected chi connectivity index (χ4v) is 2.46. The van der Waals surface area contributed by atoms with Crippen molar-refractivity contribution >= 4 is 17.3 Å². The molecule has 0 aliphatic rings. The number of nitrogens with zero attached hydrogens (tertiary/aromatic N) is 1. The van der Waals surface area contributed by atoms with Gasteiger partial charge in [-0.05, 0) is 36.6 Å². The van der Waals surface area contributed by atoms with Gasteiger partial charge in [-0.3, -0.25) is 4.90 Å². The molecule has 0 saturated carbocycles. The summed E-state index contributed by atoms with van der Waals surface area (Å²) in [6, 6.07) is 17.9. The number of allylic oxidation sites excluding steroid dienone is 1. The first-order valence-corrected chi connectivity index (χ1v) is 8.47. The summed E-state index contributed by atoms with van der Waals surface area (Å²) in [5, 5.41) is 3.01. The first-order valence-electron chi connectivity index (χ1n) is 8.47. The first-order chi connectivity index (χ1) is 11.6. The van der Waals surface area contributed by atoms with Gasteiger partial charge in [0.15, 0.2) is 0 Å². The molecule has 3 heteroatoms. The molecule has 2 rings (SSSR count). The number of hydrogen-bond acceptors (Lipinski definition) is 1. The van der Waals surface area contributed by atoms with Crippen LogP contribution in [-0.2, 0) is 6.54 Å². The first kappa shape index (κ1) is 17.8. The van der Waals surface area contributed by atoms with Gasteiger partial charge >= 0.3 is 6.03 Å². The molecule has 0 aliphatic heterocycles. The summed E-state index contributed by atoms with van der Waals surface area (Å²) < 4.78 is 0. The van der Waals surface area contributed by atoms with Crippen molar-refractivity contribution in [2.75, 3.05) is 11.4 Å². The number of anilines is 1. The topological polar surface area (TPSA) is 32.3 Å². The van der Waals surface area contributed by atoms with Crippen LogP contribution in [-0.4, -0.2) is 12.6 Å². The van der Waals surface area contributed by atoms with Crippen LogP contribution >= 0.6 is 0 Å². The molecule has 0 unspecified atom stereocenters. The number of rotatable bonds is 7. The third kappa shape index (κ3) is 4.98. The molecule has 0 saturated heterocycles. The highest BCUT2D eigenvalue weighted by atomic mass is 16.2. The average Bonchev–Trinajstić information content (AvgIpc) is 2.61. The number of nitrogens with one attached hydrogen (secondary N) is 1. The number of benzene rings is 2. The molecule has 0 spiro atoms. The molecule has 0 aromatic heterocycles. The molecule has 0 aliphatic carbocycles. The normalized spacial score (nSPS) is 10.2. The molecule has 1 N–H and O–H groups in total. The Bertz CT molecular complexity index is 662. The van der Waals surface area contributed by atoms with Gasteiger partial charge in [-0.2, -0.15) is 0 Å². The van der Waals surface area contributed by atoms with Gasteiger partial charge in [0.05, 0.1) is 0 Å². The van der Waals surface area contributed by atoms with Crippen LogP contribution < -0.4 is 10.2 Å². The van der Waals surface area contributed by atoms with Crippen LogP contribution in [0.1, 0.15) is 37.8 Å². The lowest BCUT2D eigenvalue weighted by molar-refractivity contribution is 0.246. The second-order valence-corrected chi connectivity index (χ2v) is 5.98. The lowest BCUT2D eigenvalue weighted by Crippen LogP contribution is -2.40. The zero-order chi connectivity index (χ0) is 17.4. The highest BCUT2D eigenvalue weighted by Crippen LogP contribution is 2.19. The number of carbonyl (C=O) groups is 1. The molecule has 0 atom stereocenters. The molecule has 3 nitrogen and oxygen atoms in total. The van der Waals surface area contributed by atoms with Crippen molar-refractivity contribution in [3.63, 3.8) is 0 Å². The van der Waals surface area contributed by atoms with Gasteiger partial charge in [-0.25, -0.2) is 4.79 Å². The number of carbonyl (C=O) groups excluding carboxylic acids is 1. The van der Waals surface area contributed by atoms with Crippen LogP contribution in [0.25, 0.3) is 5.57 Å². The highest BCUT2D eigenvalue weighted by Gasteiger charge is 2.15. The zero-order valence-corrected chi connectivity index (χ0v) is 14.6. The molecular formula is C21H26N2O. The number of hydrogen-bond donors (Lipinski definition) is 1. The average molecular weight is 322 g/mol. The van der Waals surface area contributed by atoms with E-state index in [4.69, 9.17) is 0 Å². The van der Waals surface area contributed by atoms with E-state index in [1.54, 1.807) is 0 Å². The molecular weight excluding hydrogens is 296 g/mol.